The number of phenols is 2. The lowest BCUT2D eigenvalue weighted by molar-refractivity contribution is -0.143. The highest BCUT2D eigenvalue weighted by Crippen LogP contribution is 2.25. The summed E-state index contributed by atoms with van der Waals surface area (Å²) in [5.74, 6) is -1.46. The average Bonchev–Trinajstić information content (AvgIpc) is 3.39. The number of nitrogens with two attached hydrogens (primary N) is 2. The number of nitrogens with zero attached hydrogens (tertiary/aromatic N) is 2. The number of amides is 3. The van der Waals surface area contributed by atoms with Gasteiger partial charge in [-0.3, -0.25) is 19.4 Å². The zero-order valence-electron chi connectivity index (χ0n) is 24.9. The average molecular weight is 613 g/mol. The van der Waals surface area contributed by atoms with E-state index in [1.807, 2.05) is 6.92 Å². The van der Waals surface area contributed by atoms with Crippen LogP contribution in [-0.2, 0) is 27.2 Å². The van der Waals surface area contributed by atoms with Crippen LogP contribution in [0.5, 0.6) is 11.5 Å². The van der Waals surface area contributed by atoms with E-state index in [0.29, 0.717) is 44.3 Å². The monoisotopic (exact) mass is 612 g/mol. The third-order valence-electron chi connectivity index (χ3n) is 7.61. The Kier molecular flexibility index (Phi) is 12.8. The second-order valence-electron chi connectivity index (χ2n) is 11.3. The van der Waals surface area contributed by atoms with Gasteiger partial charge >= 0.3 is 0 Å². The van der Waals surface area contributed by atoms with Crippen LogP contribution in [0.1, 0.15) is 43.7 Å². The number of carbonyl (C=O) groups excluding carboxylic acids is 3. The van der Waals surface area contributed by atoms with Gasteiger partial charge in [0.25, 0.3) is 0 Å². The number of hydrogen-bond donors (Lipinski definition) is 8. The molecule has 1 aliphatic rings. The summed E-state index contributed by atoms with van der Waals surface area (Å²) in [4.78, 5) is 45.8. The number of hydrogen-bond acceptors (Lipinski definition) is 8. The largest absolute Gasteiger partial charge is 0.508 e. The molecular formula is C31H44N6O7. The maximum Gasteiger partial charge on any atom is 0.249 e. The normalized spacial score (nSPS) is 18.2. The molecule has 10 N–H and O–H groups in total. The number of likely N-dealkylation sites (tertiary alicyclic amines) is 1. The lowest BCUT2D eigenvalue weighted by atomic mass is 10.0. The van der Waals surface area contributed by atoms with Crippen molar-refractivity contribution in [1.82, 2.24) is 15.5 Å². The van der Waals surface area contributed by atoms with Crippen LogP contribution in [0.15, 0.2) is 53.5 Å². The number of aliphatic hydroxyl groups excluding tert-OH is 2. The van der Waals surface area contributed by atoms with Crippen LogP contribution in [0, 0.1) is 5.92 Å². The third kappa shape index (κ3) is 10.4. The Balaban J connectivity index is 1.73. The number of rotatable bonds is 15. The molecule has 1 fully saturated rings. The summed E-state index contributed by atoms with van der Waals surface area (Å²) in [7, 11) is 0. The van der Waals surface area contributed by atoms with E-state index in [1.165, 1.54) is 29.2 Å². The minimum atomic E-state index is -1.45. The second-order valence-corrected chi connectivity index (χ2v) is 11.3. The molecule has 3 rings (SSSR count). The Labute approximate surface area is 257 Å². The molecule has 0 aromatic heterocycles. The van der Waals surface area contributed by atoms with Gasteiger partial charge in [0.15, 0.2) is 5.96 Å². The van der Waals surface area contributed by atoms with Crippen molar-refractivity contribution in [1.29, 1.82) is 0 Å². The summed E-state index contributed by atoms with van der Waals surface area (Å²) in [5.41, 5.74) is 12.1. The summed E-state index contributed by atoms with van der Waals surface area (Å²) in [6.07, 6.45) is 0.459. The predicted octanol–water partition coefficient (Wildman–Crippen LogP) is -0.113. The van der Waals surface area contributed by atoms with Crippen molar-refractivity contribution in [3.8, 4) is 11.5 Å². The molecule has 0 saturated carbocycles. The Morgan fingerprint density at radius 1 is 0.977 bits per heavy atom. The molecule has 3 amide bonds. The molecule has 1 saturated heterocycles. The van der Waals surface area contributed by atoms with Gasteiger partial charge in [0.1, 0.15) is 29.7 Å². The molecule has 0 aliphatic carbocycles. The van der Waals surface area contributed by atoms with Crippen molar-refractivity contribution in [3.63, 3.8) is 0 Å². The Bertz CT molecular complexity index is 1270. The molecule has 1 aliphatic heterocycles. The lowest BCUT2D eigenvalue weighted by Gasteiger charge is -2.30. The van der Waals surface area contributed by atoms with Crippen LogP contribution >= 0.6 is 0 Å². The topological polar surface area (TPSA) is 224 Å². The van der Waals surface area contributed by atoms with E-state index in [0.717, 1.165) is 5.56 Å². The first kappa shape index (κ1) is 34.1. The Morgan fingerprint density at radius 2 is 1.59 bits per heavy atom. The van der Waals surface area contributed by atoms with Gasteiger partial charge in [-0.15, -0.1) is 0 Å². The maximum atomic E-state index is 14.0. The fourth-order valence-corrected chi connectivity index (χ4v) is 5.24. The van der Waals surface area contributed by atoms with E-state index in [2.05, 4.69) is 15.6 Å². The van der Waals surface area contributed by atoms with Gasteiger partial charge in [0.05, 0.1) is 12.6 Å². The molecule has 13 nitrogen and oxygen atoms in total. The van der Waals surface area contributed by atoms with E-state index in [4.69, 9.17) is 11.5 Å². The standard InChI is InChI=1S/C31H44N6O7/c1-19-15-26(28(42)35-22(18-38)3-2-14-34-31(32)33)37(17-19)30(44)25(13-8-20-4-9-23(39)10-5-20)36-29(43)27(41)16-21-6-11-24(40)12-7-21/h4-7,9-12,19,22,25-27,38-41H,2-3,8,13-18H2,1H3,(H,35,42)(H,36,43)(H4,32,33,34)/t19-,22-,25+,26-,27+/m0/s1. The fourth-order valence-electron chi connectivity index (χ4n) is 5.24. The molecule has 13 heteroatoms. The van der Waals surface area contributed by atoms with Crippen LogP contribution in [0.4, 0.5) is 0 Å². The van der Waals surface area contributed by atoms with Gasteiger partial charge < -0.3 is 47.4 Å². The van der Waals surface area contributed by atoms with Gasteiger partial charge in [0.2, 0.25) is 17.7 Å². The fraction of sp³-hybridized carbons (Fsp3) is 0.484. The zero-order chi connectivity index (χ0) is 32.2. The van der Waals surface area contributed by atoms with Crippen LogP contribution < -0.4 is 22.1 Å². The van der Waals surface area contributed by atoms with Crippen molar-refractivity contribution in [3.05, 3.63) is 59.7 Å². The molecule has 44 heavy (non-hydrogen) atoms. The summed E-state index contributed by atoms with van der Waals surface area (Å²) < 4.78 is 0. The van der Waals surface area contributed by atoms with Crippen molar-refractivity contribution < 1.29 is 34.8 Å². The van der Waals surface area contributed by atoms with E-state index in [1.54, 1.807) is 24.3 Å². The number of aryl methyl sites for hydroxylation is 1. The summed E-state index contributed by atoms with van der Waals surface area (Å²) in [5, 5.41) is 45.1. The third-order valence-corrected chi connectivity index (χ3v) is 7.61. The first-order valence-corrected chi connectivity index (χ1v) is 14.8. The Morgan fingerprint density at radius 3 is 2.18 bits per heavy atom. The van der Waals surface area contributed by atoms with Crippen LogP contribution in [0.25, 0.3) is 0 Å². The molecular weight excluding hydrogens is 568 g/mol. The highest BCUT2D eigenvalue weighted by molar-refractivity contribution is 5.93. The second kappa shape index (κ2) is 16.5. The molecule has 2 aromatic carbocycles. The number of benzene rings is 2. The number of aliphatic imine (C=N–C) groups is 1. The lowest BCUT2D eigenvalue weighted by Crippen LogP contribution is -2.56. The molecule has 0 spiro atoms. The van der Waals surface area contributed by atoms with Crippen molar-refractivity contribution >= 4 is 23.7 Å². The van der Waals surface area contributed by atoms with Gasteiger partial charge in [-0.05, 0) is 73.4 Å². The quantitative estimate of drug-likeness (QED) is 0.0762. The van der Waals surface area contributed by atoms with E-state index >= 15 is 0 Å². The molecule has 0 radical (unpaired) electrons. The number of phenolic OH excluding ortho intramolecular Hbond substituents is 2. The highest BCUT2D eigenvalue weighted by atomic mass is 16.3. The zero-order valence-corrected chi connectivity index (χ0v) is 24.9. The van der Waals surface area contributed by atoms with E-state index in [-0.39, 0.29) is 42.8 Å². The highest BCUT2D eigenvalue weighted by Gasteiger charge is 2.41. The number of aliphatic hydroxyl groups is 2. The molecule has 2 aromatic rings. The smallest absolute Gasteiger partial charge is 0.249 e. The summed E-state index contributed by atoms with van der Waals surface area (Å²) in [6.45, 7) is 2.28. The van der Waals surface area contributed by atoms with E-state index in [9.17, 15) is 34.8 Å². The minimum absolute atomic E-state index is 0.0117. The minimum Gasteiger partial charge on any atom is -0.508 e. The van der Waals surface area contributed by atoms with Crippen molar-refractivity contribution in [2.75, 3.05) is 19.7 Å². The van der Waals surface area contributed by atoms with Crippen LogP contribution in [0.2, 0.25) is 0 Å². The number of nitrogens with one attached hydrogen (secondary N) is 2. The first-order valence-electron chi connectivity index (χ1n) is 14.8. The van der Waals surface area contributed by atoms with Crippen LogP contribution in [-0.4, -0.2) is 92.9 Å². The molecule has 240 valence electrons. The van der Waals surface area contributed by atoms with Gasteiger partial charge in [-0.1, -0.05) is 31.2 Å². The first-order chi connectivity index (χ1) is 21.0. The number of guanidine groups is 1. The van der Waals surface area contributed by atoms with Gasteiger partial charge in [0, 0.05) is 19.5 Å². The van der Waals surface area contributed by atoms with Gasteiger partial charge in [-0.25, -0.2) is 0 Å². The number of carbonyl (C=O) groups is 3. The van der Waals surface area contributed by atoms with Crippen LogP contribution in [0.3, 0.4) is 0 Å². The number of aromatic hydroxyl groups is 2. The van der Waals surface area contributed by atoms with E-state index < -0.39 is 42.0 Å². The van der Waals surface area contributed by atoms with Crippen molar-refractivity contribution in [2.45, 2.75) is 69.7 Å². The molecule has 1 heterocycles. The molecule has 0 bridgehead atoms. The molecule has 5 atom stereocenters. The van der Waals surface area contributed by atoms with Crippen molar-refractivity contribution in [2.24, 2.45) is 22.4 Å². The Hall–Kier alpha value is -4.36. The molecule has 0 unspecified atom stereocenters. The SMILES string of the molecule is C[C@H]1C[C@@H](C(=O)N[C@H](CO)CCCN=C(N)N)N(C(=O)[C@@H](CCc2ccc(O)cc2)NC(=O)[C@H](O)Cc2ccc(O)cc2)C1. The summed E-state index contributed by atoms with van der Waals surface area (Å²) >= 11 is 0. The summed E-state index contributed by atoms with van der Waals surface area (Å²) in [6, 6.07) is 10.2. The maximum absolute atomic E-state index is 14.0. The van der Waals surface area contributed by atoms with Gasteiger partial charge in [-0.2, -0.15) is 0 Å². The predicted molar refractivity (Wildman–Crippen MR) is 164 cm³/mol.